The molecule has 0 bridgehead atoms. The van der Waals surface area contributed by atoms with Gasteiger partial charge in [0.15, 0.2) is 0 Å². The van der Waals surface area contributed by atoms with Crippen LogP contribution in [0.5, 0.6) is 0 Å². The Hall–Kier alpha value is -2.77. The van der Waals surface area contributed by atoms with Gasteiger partial charge in [0.1, 0.15) is 11.6 Å². The summed E-state index contributed by atoms with van der Waals surface area (Å²) < 4.78 is 0. The van der Waals surface area contributed by atoms with Gasteiger partial charge >= 0.3 is 0 Å². The van der Waals surface area contributed by atoms with Gasteiger partial charge in [0.05, 0.1) is 6.04 Å². The highest BCUT2D eigenvalue weighted by molar-refractivity contribution is 6.31. The van der Waals surface area contributed by atoms with Gasteiger partial charge in [-0.05, 0) is 73.9 Å². The first-order valence-electron chi connectivity index (χ1n) is 9.53. The van der Waals surface area contributed by atoms with Crippen molar-refractivity contribution in [2.45, 2.75) is 45.6 Å². The molecule has 28 heavy (non-hydrogen) atoms. The van der Waals surface area contributed by atoms with Crippen LogP contribution in [0.1, 0.15) is 48.1 Å². The average molecular weight is 394 g/mol. The Bertz CT molecular complexity index is 959. The number of fused-ring (bicyclic) bond motifs is 1. The minimum atomic E-state index is -0.404. The molecule has 0 aromatic heterocycles. The topological polar surface area (TPSA) is 64.9 Å². The van der Waals surface area contributed by atoms with E-state index in [9.17, 15) is 10.1 Å². The number of benzene rings is 2. The third kappa shape index (κ3) is 4.74. The number of rotatable bonds is 5. The number of nitrogens with zero attached hydrogens (tertiary/aromatic N) is 1. The van der Waals surface area contributed by atoms with E-state index in [-0.39, 0.29) is 11.6 Å². The van der Waals surface area contributed by atoms with Crippen LogP contribution in [0, 0.1) is 18.3 Å². The lowest BCUT2D eigenvalue weighted by atomic mass is 9.89. The molecule has 2 aromatic carbocycles. The van der Waals surface area contributed by atoms with Crippen LogP contribution >= 0.6 is 11.6 Å². The zero-order valence-electron chi connectivity index (χ0n) is 16.2. The lowest BCUT2D eigenvalue weighted by molar-refractivity contribution is -0.117. The molecule has 1 aliphatic rings. The van der Waals surface area contributed by atoms with Crippen LogP contribution in [0.4, 0.5) is 5.69 Å². The molecule has 0 radical (unpaired) electrons. The van der Waals surface area contributed by atoms with Crippen molar-refractivity contribution >= 4 is 23.2 Å². The van der Waals surface area contributed by atoms with Gasteiger partial charge in [-0.2, -0.15) is 5.26 Å². The SMILES string of the molecule is Cc1ccc(N/C=C(/C#N)C(=O)NC(C)c2ccc3c(c2)CCCC3)cc1Cl. The van der Waals surface area contributed by atoms with Gasteiger partial charge in [0.25, 0.3) is 5.91 Å². The lowest BCUT2D eigenvalue weighted by Gasteiger charge is -2.20. The molecule has 1 unspecified atom stereocenters. The van der Waals surface area contributed by atoms with Gasteiger partial charge in [0.2, 0.25) is 0 Å². The van der Waals surface area contributed by atoms with Crippen molar-refractivity contribution in [2.24, 2.45) is 0 Å². The predicted octanol–water partition coefficient (Wildman–Crippen LogP) is 5.22. The average Bonchev–Trinajstić information content (AvgIpc) is 2.70. The molecular weight excluding hydrogens is 370 g/mol. The summed E-state index contributed by atoms with van der Waals surface area (Å²) in [5.41, 5.74) is 5.55. The number of hydrogen-bond acceptors (Lipinski definition) is 3. The Morgan fingerprint density at radius 3 is 2.64 bits per heavy atom. The molecular formula is C23H24ClN3O. The van der Waals surface area contributed by atoms with E-state index >= 15 is 0 Å². The first kappa shape index (κ1) is 20.0. The van der Waals surface area contributed by atoms with Crippen molar-refractivity contribution in [1.29, 1.82) is 5.26 Å². The number of nitrogens with one attached hydrogen (secondary N) is 2. The van der Waals surface area contributed by atoms with E-state index in [1.54, 1.807) is 6.07 Å². The maximum absolute atomic E-state index is 12.5. The van der Waals surface area contributed by atoms with E-state index in [1.807, 2.05) is 32.0 Å². The number of aryl methyl sites for hydroxylation is 3. The van der Waals surface area contributed by atoms with Gasteiger partial charge in [-0.25, -0.2) is 0 Å². The zero-order chi connectivity index (χ0) is 20.1. The second-order valence-corrected chi connectivity index (χ2v) is 7.62. The molecule has 0 fully saturated rings. The molecule has 144 valence electrons. The lowest BCUT2D eigenvalue weighted by Crippen LogP contribution is -2.28. The normalized spacial score (nSPS) is 14.6. The van der Waals surface area contributed by atoms with E-state index in [2.05, 4.69) is 28.8 Å². The molecule has 1 aliphatic carbocycles. The summed E-state index contributed by atoms with van der Waals surface area (Å²) in [7, 11) is 0. The fourth-order valence-corrected chi connectivity index (χ4v) is 3.55. The summed E-state index contributed by atoms with van der Waals surface area (Å²) in [4.78, 5) is 12.5. The predicted molar refractivity (Wildman–Crippen MR) is 113 cm³/mol. The van der Waals surface area contributed by atoms with Crippen LogP contribution in [0.2, 0.25) is 5.02 Å². The van der Waals surface area contributed by atoms with Crippen molar-refractivity contribution in [2.75, 3.05) is 5.32 Å². The molecule has 2 aromatic rings. The Labute approximate surface area is 171 Å². The molecule has 5 heteroatoms. The fourth-order valence-electron chi connectivity index (χ4n) is 3.37. The van der Waals surface area contributed by atoms with E-state index in [0.717, 1.165) is 29.7 Å². The van der Waals surface area contributed by atoms with Gasteiger partial charge < -0.3 is 10.6 Å². The molecule has 0 saturated heterocycles. The highest BCUT2D eigenvalue weighted by Gasteiger charge is 2.16. The molecule has 4 nitrogen and oxygen atoms in total. The molecule has 1 atom stereocenters. The van der Waals surface area contributed by atoms with Gasteiger partial charge in [-0.3, -0.25) is 4.79 Å². The van der Waals surface area contributed by atoms with Crippen molar-refractivity contribution in [3.05, 3.63) is 75.4 Å². The third-order valence-electron chi connectivity index (χ3n) is 5.14. The third-order valence-corrected chi connectivity index (χ3v) is 5.55. The standard InChI is InChI=1S/C23H24ClN3O/c1-15-7-10-21(12-22(15)24)26-14-20(13-25)23(28)27-16(2)18-9-8-17-5-3-4-6-19(17)11-18/h7-12,14,16,26H,3-6H2,1-2H3,(H,27,28)/b20-14-. The number of hydrogen-bond donors (Lipinski definition) is 2. The Morgan fingerprint density at radius 1 is 1.18 bits per heavy atom. The van der Waals surface area contributed by atoms with Crippen LogP contribution in [0.25, 0.3) is 0 Å². The molecule has 0 saturated carbocycles. The first-order valence-corrected chi connectivity index (χ1v) is 9.91. The molecule has 3 rings (SSSR count). The Morgan fingerprint density at radius 2 is 1.93 bits per heavy atom. The van der Waals surface area contributed by atoms with Crippen LogP contribution < -0.4 is 10.6 Å². The molecule has 2 N–H and O–H groups in total. The number of carbonyl (C=O) groups is 1. The van der Waals surface area contributed by atoms with Crippen LogP contribution in [-0.2, 0) is 17.6 Å². The number of carbonyl (C=O) groups excluding carboxylic acids is 1. The number of nitriles is 1. The summed E-state index contributed by atoms with van der Waals surface area (Å²) in [6, 6.07) is 13.7. The van der Waals surface area contributed by atoms with Crippen LogP contribution in [-0.4, -0.2) is 5.91 Å². The second-order valence-electron chi connectivity index (χ2n) is 7.21. The summed E-state index contributed by atoms with van der Waals surface area (Å²) in [5.74, 6) is -0.404. The zero-order valence-corrected chi connectivity index (χ0v) is 16.9. The quantitative estimate of drug-likeness (QED) is 0.540. The number of halogens is 1. The van der Waals surface area contributed by atoms with Crippen molar-refractivity contribution in [1.82, 2.24) is 5.32 Å². The summed E-state index contributed by atoms with van der Waals surface area (Å²) >= 11 is 6.11. The Balaban J connectivity index is 1.67. The molecule has 1 amide bonds. The van der Waals surface area contributed by atoms with E-state index in [4.69, 9.17) is 11.6 Å². The summed E-state index contributed by atoms with van der Waals surface area (Å²) in [6.45, 7) is 3.85. The summed E-state index contributed by atoms with van der Waals surface area (Å²) in [6.07, 6.45) is 6.10. The first-order chi connectivity index (χ1) is 13.5. The maximum Gasteiger partial charge on any atom is 0.263 e. The minimum absolute atomic E-state index is 0.0153. The monoisotopic (exact) mass is 393 g/mol. The van der Waals surface area contributed by atoms with Crippen molar-refractivity contribution < 1.29 is 4.79 Å². The minimum Gasteiger partial charge on any atom is -0.360 e. The van der Waals surface area contributed by atoms with E-state index in [0.29, 0.717) is 5.02 Å². The van der Waals surface area contributed by atoms with Gasteiger partial charge in [-0.1, -0.05) is 35.9 Å². The fraction of sp³-hybridized carbons (Fsp3) is 0.304. The van der Waals surface area contributed by atoms with Crippen LogP contribution in [0.3, 0.4) is 0 Å². The largest absolute Gasteiger partial charge is 0.360 e. The van der Waals surface area contributed by atoms with Gasteiger partial charge in [0, 0.05) is 16.9 Å². The smallest absolute Gasteiger partial charge is 0.263 e. The van der Waals surface area contributed by atoms with Gasteiger partial charge in [-0.15, -0.1) is 0 Å². The highest BCUT2D eigenvalue weighted by atomic mass is 35.5. The molecule has 0 heterocycles. The molecule has 0 spiro atoms. The number of amides is 1. The van der Waals surface area contributed by atoms with E-state index in [1.165, 1.54) is 30.2 Å². The van der Waals surface area contributed by atoms with Crippen LogP contribution in [0.15, 0.2) is 48.2 Å². The Kier molecular flexibility index (Phi) is 6.38. The summed E-state index contributed by atoms with van der Waals surface area (Å²) in [5, 5.41) is 15.9. The maximum atomic E-state index is 12.5. The van der Waals surface area contributed by atoms with Crippen molar-refractivity contribution in [3.63, 3.8) is 0 Å². The van der Waals surface area contributed by atoms with E-state index < -0.39 is 5.91 Å². The second kappa shape index (κ2) is 8.95. The highest BCUT2D eigenvalue weighted by Crippen LogP contribution is 2.25. The number of anilines is 1. The van der Waals surface area contributed by atoms with Crippen molar-refractivity contribution in [3.8, 4) is 6.07 Å². The molecule has 0 aliphatic heterocycles.